The van der Waals surface area contributed by atoms with Crippen molar-refractivity contribution in [3.8, 4) is 11.1 Å². The Hall–Kier alpha value is -3.87. The van der Waals surface area contributed by atoms with Crippen molar-refractivity contribution in [2.45, 2.75) is 85.3 Å². The van der Waals surface area contributed by atoms with Crippen LogP contribution in [0.3, 0.4) is 0 Å². The molecule has 6 aromatic rings. The number of fused-ring (bicyclic) bond motifs is 3. The van der Waals surface area contributed by atoms with Crippen molar-refractivity contribution in [1.82, 2.24) is 0 Å². The van der Waals surface area contributed by atoms with Crippen LogP contribution in [0.1, 0.15) is 113 Å². The normalized spacial score (nSPS) is 14.7. The first-order chi connectivity index (χ1) is 27.6. The van der Waals surface area contributed by atoms with Gasteiger partial charge >= 0.3 is 358 Å². The van der Waals surface area contributed by atoms with E-state index in [0.717, 1.165) is 0 Å². The van der Waals surface area contributed by atoms with Gasteiger partial charge in [-0.1, -0.05) is 0 Å². The summed E-state index contributed by atoms with van der Waals surface area (Å²) in [5.41, 5.74) is 15.1. The Kier molecular flexibility index (Phi) is 10.8. The summed E-state index contributed by atoms with van der Waals surface area (Å²) < 4.78 is 0.853. The molecule has 0 atom stereocenters. The Morgan fingerprint density at radius 3 is 1.09 bits per heavy atom. The van der Waals surface area contributed by atoms with Crippen molar-refractivity contribution in [2.75, 3.05) is 0 Å². The van der Waals surface area contributed by atoms with E-state index in [2.05, 4.69) is 225 Å². The monoisotopic (exact) mass is 876 g/mol. The fraction of sp³-hybridized carbons (Fsp3) is 0.255. The maximum absolute atomic E-state index is 9.42. The number of allylic oxidation sites excluding steroid dienone is 4. The fourth-order valence-electron chi connectivity index (χ4n) is 10.5. The van der Waals surface area contributed by atoms with Crippen LogP contribution in [-0.2, 0) is 26.7 Å². The second kappa shape index (κ2) is 15.3. The third-order valence-electron chi connectivity index (χ3n) is 12.9. The molecule has 0 fully saturated rings. The molecule has 2 aliphatic carbocycles. The Bertz CT molecular complexity index is 2350. The number of halogens is 2. The molecule has 0 saturated heterocycles. The van der Waals surface area contributed by atoms with E-state index in [4.69, 9.17) is 0 Å². The van der Waals surface area contributed by atoms with E-state index < -0.39 is 15.9 Å². The van der Waals surface area contributed by atoms with Gasteiger partial charge in [-0.3, -0.25) is 0 Å². The zero-order valence-electron chi connectivity index (χ0n) is 35.2. The van der Waals surface area contributed by atoms with Crippen LogP contribution in [0.15, 0.2) is 170 Å². The summed E-state index contributed by atoms with van der Waals surface area (Å²) in [6.45, 7) is 18.5. The quantitative estimate of drug-likeness (QED) is 0.143. The summed E-state index contributed by atoms with van der Waals surface area (Å²) in [5.74, 6) is -0.401. The SMILES string of the molecule is Cc1cc2c(cc1C(C)(C)C)-c1cc(C(C)(C)C)c(C)cc1[CH]2[Zr]([Cl])([Cl])(=[C](C(c1ccccc1)c1ccccc1)C(c1ccccc1)c1ccccc1)[CH]1C=CC=C1. The Morgan fingerprint density at radius 2 is 0.793 bits per heavy atom. The van der Waals surface area contributed by atoms with E-state index in [9.17, 15) is 17.0 Å². The van der Waals surface area contributed by atoms with Crippen LogP contribution in [0.4, 0.5) is 0 Å². The van der Waals surface area contributed by atoms with Crippen LogP contribution in [0.2, 0.25) is 3.63 Å². The van der Waals surface area contributed by atoms with E-state index in [0.29, 0.717) is 0 Å². The molecule has 0 spiro atoms. The number of aryl methyl sites for hydroxylation is 2. The summed E-state index contributed by atoms with van der Waals surface area (Å²) in [7, 11) is 18.8. The minimum absolute atomic E-state index is 0.0412. The van der Waals surface area contributed by atoms with Gasteiger partial charge in [0.05, 0.1) is 0 Å². The Labute approximate surface area is 355 Å². The average molecular weight is 879 g/mol. The van der Waals surface area contributed by atoms with Gasteiger partial charge in [0.15, 0.2) is 0 Å². The predicted molar refractivity (Wildman–Crippen MR) is 249 cm³/mol. The number of hydrogen-bond acceptors (Lipinski definition) is 0. The molecule has 0 amide bonds. The molecule has 0 N–H and O–H groups in total. The van der Waals surface area contributed by atoms with E-state index >= 15 is 0 Å². The van der Waals surface area contributed by atoms with Crippen LogP contribution in [0.25, 0.3) is 11.1 Å². The van der Waals surface area contributed by atoms with Crippen molar-refractivity contribution in [2.24, 2.45) is 0 Å². The van der Waals surface area contributed by atoms with Crippen molar-refractivity contribution in [1.29, 1.82) is 0 Å². The van der Waals surface area contributed by atoms with Gasteiger partial charge < -0.3 is 0 Å². The van der Waals surface area contributed by atoms with E-state index in [-0.39, 0.29) is 29.9 Å². The van der Waals surface area contributed by atoms with Gasteiger partial charge in [0.2, 0.25) is 0 Å². The molecule has 0 aromatic heterocycles. The molecular weight excluding hydrogens is 823 g/mol. The van der Waals surface area contributed by atoms with Gasteiger partial charge in [0.1, 0.15) is 0 Å². The standard InChI is InChI=1S/C27H22.C23H29.C5H5.2ClH.Zr/c1-5-13-22(14-6-1)26(23-15-7-2-8-16-23)21-27(24-17-9-3-10-18-24)25-19-11-4-12-20-25;1-14-9-16-11-17-10-15(2)21(23(6,7)8)13-19(17)18(16)12-20(14)22(3,4)5;1-2-4-5-3-1;;;/h1-20,26-27H;9-13H,1-8H3;1-5H;2*1H;/q;;;;;+2/p-2. The van der Waals surface area contributed by atoms with Crippen molar-refractivity contribution in [3.05, 3.63) is 226 Å². The van der Waals surface area contributed by atoms with E-state index in [1.165, 1.54) is 70.0 Å². The summed E-state index contributed by atoms with van der Waals surface area (Å²) in [6.07, 6.45) is 9.02. The van der Waals surface area contributed by atoms with Crippen molar-refractivity contribution >= 4 is 20.2 Å². The van der Waals surface area contributed by atoms with Gasteiger partial charge in [-0.25, -0.2) is 0 Å². The van der Waals surface area contributed by atoms with Crippen LogP contribution < -0.4 is 0 Å². The van der Waals surface area contributed by atoms with Crippen LogP contribution in [0.5, 0.6) is 0 Å². The van der Waals surface area contributed by atoms with Gasteiger partial charge in [-0.05, 0) is 0 Å². The molecule has 6 aromatic carbocycles. The maximum atomic E-state index is 9.42. The molecule has 58 heavy (non-hydrogen) atoms. The second-order valence-electron chi connectivity index (χ2n) is 18.9. The molecule has 2 aliphatic rings. The average Bonchev–Trinajstić information content (AvgIpc) is 3.86. The molecule has 0 aliphatic heterocycles. The number of benzene rings is 6. The number of rotatable bonds is 8. The third-order valence-corrected chi connectivity index (χ3v) is 33.3. The zero-order chi connectivity index (χ0) is 41.1. The summed E-state index contributed by atoms with van der Waals surface area (Å²) in [6, 6.07) is 54.0. The first-order valence-corrected chi connectivity index (χ1v) is 31.3. The number of hydrogen-bond donors (Lipinski definition) is 0. The molecule has 0 nitrogen and oxygen atoms in total. The first-order valence-electron chi connectivity index (χ1n) is 20.9. The zero-order valence-corrected chi connectivity index (χ0v) is 39.2. The van der Waals surface area contributed by atoms with Gasteiger partial charge in [-0.15, -0.1) is 0 Å². The topological polar surface area (TPSA) is 0 Å². The molecule has 3 heteroatoms. The summed E-state index contributed by atoms with van der Waals surface area (Å²) >= 11 is -5.86. The molecule has 0 bridgehead atoms. The summed E-state index contributed by atoms with van der Waals surface area (Å²) in [4.78, 5) is 0. The second-order valence-corrected chi connectivity index (χ2v) is 39.8. The Morgan fingerprint density at radius 1 is 0.483 bits per heavy atom. The fourth-order valence-corrected chi connectivity index (χ4v) is 30.9. The first kappa shape index (κ1) is 40.9. The van der Waals surface area contributed by atoms with Crippen LogP contribution in [0, 0.1) is 13.8 Å². The van der Waals surface area contributed by atoms with Crippen molar-refractivity contribution in [3.63, 3.8) is 0 Å². The van der Waals surface area contributed by atoms with Gasteiger partial charge in [0, 0.05) is 0 Å². The predicted octanol–water partition coefficient (Wildman–Crippen LogP) is 15.7. The molecule has 8 rings (SSSR count). The van der Waals surface area contributed by atoms with Crippen LogP contribution in [-0.4, -0.2) is 3.21 Å². The third kappa shape index (κ3) is 7.04. The van der Waals surface area contributed by atoms with Gasteiger partial charge in [0.25, 0.3) is 0 Å². The molecule has 294 valence electrons. The van der Waals surface area contributed by atoms with Crippen LogP contribution >= 0.6 is 17.0 Å². The molecular formula is C55H56Cl2Zr. The molecule has 0 heterocycles. The molecule has 0 unspecified atom stereocenters. The minimum atomic E-state index is -5.86. The Balaban J connectivity index is 1.65. The van der Waals surface area contributed by atoms with E-state index in [1.54, 1.807) is 0 Å². The summed E-state index contributed by atoms with van der Waals surface area (Å²) in [5, 5.41) is 0. The van der Waals surface area contributed by atoms with Crippen molar-refractivity contribution < 1.29 is 15.9 Å². The van der Waals surface area contributed by atoms with E-state index in [1.807, 2.05) is 0 Å². The molecule has 0 radical (unpaired) electrons. The molecule has 0 saturated carbocycles. The van der Waals surface area contributed by atoms with Gasteiger partial charge in [-0.2, -0.15) is 0 Å².